The topological polar surface area (TPSA) is 45.2 Å². The number of likely N-dealkylation sites (tertiary alicyclic amines) is 1. The summed E-state index contributed by atoms with van der Waals surface area (Å²) in [5.41, 5.74) is 1.07. The van der Waals surface area contributed by atoms with Crippen molar-refractivity contribution in [2.45, 2.75) is 38.1 Å². The number of nitrogens with zero attached hydrogens (tertiary/aromatic N) is 2. The zero-order valence-corrected chi connectivity index (χ0v) is 16.3. The number of carbonyl (C=O) groups excluding carboxylic acids is 1. The van der Waals surface area contributed by atoms with Crippen LogP contribution in [0.1, 0.15) is 30.7 Å². The molecule has 0 saturated carbocycles. The second kappa shape index (κ2) is 10.2. The number of amides is 1. The maximum Gasteiger partial charge on any atom is 0.222 e. The van der Waals surface area contributed by atoms with Gasteiger partial charge in [-0.2, -0.15) is 0 Å². The zero-order valence-electron chi connectivity index (χ0n) is 13.9. The number of aromatic nitrogens is 1. The van der Waals surface area contributed by atoms with Gasteiger partial charge in [-0.1, -0.05) is 12.1 Å². The van der Waals surface area contributed by atoms with Crippen LogP contribution >= 0.6 is 36.2 Å². The molecule has 1 aliphatic heterocycles. The number of hydrogen-bond acceptors (Lipinski definition) is 4. The number of likely N-dealkylation sites (N-methyl/N-ethyl adjacent to an activating group) is 1. The molecule has 1 saturated heterocycles. The van der Waals surface area contributed by atoms with E-state index in [-0.39, 0.29) is 24.8 Å². The lowest BCUT2D eigenvalue weighted by Crippen LogP contribution is -2.46. The van der Waals surface area contributed by atoms with Crippen molar-refractivity contribution in [1.82, 2.24) is 15.2 Å². The summed E-state index contributed by atoms with van der Waals surface area (Å²) in [6.45, 7) is 1.77. The highest BCUT2D eigenvalue weighted by molar-refractivity contribution is 7.18. The van der Waals surface area contributed by atoms with E-state index in [9.17, 15) is 4.79 Å². The fraction of sp³-hybridized carbons (Fsp3) is 0.529. The van der Waals surface area contributed by atoms with E-state index in [0.29, 0.717) is 18.4 Å². The summed E-state index contributed by atoms with van der Waals surface area (Å²) in [4.78, 5) is 19.0. The van der Waals surface area contributed by atoms with Crippen LogP contribution < -0.4 is 5.32 Å². The Hall–Kier alpha value is -0.880. The van der Waals surface area contributed by atoms with Gasteiger partial charge in [-0.15, -0.1) is 36.2 Å². The van der Waals surface area contributed by atoms with Crippen LogP contribution in [-0.2, 0) is 11.2 Å². The van der Waals surface area contributed by atoms with Crippen LogP contribution in [0, 0.1) is 0 Å². The predicted molar refractivity (Wildman–Crippen MR) is 106 cm³/mol. The fourth-order valence-electron chi connectivity index (χ4n) is 3.02. The first-order chi connectivity index (χ1) is 10.8. The second-order valence-electron chi connectivity index (χ2n) is 5.90. The van der Waals surface area contributed by atoms with E-state index in [1.54, 1.807) is 11.3 Å². The Morgan fingerprint density at radius 3 is 2.92 bits per heavy atom. The van der Waals surface area contributed by atoms with E-state index in [0.717, 1.165) is 42.9 Å². The number of nitrogens with one attached hydrogen (secondary N) is 1. The molecule has 1 aliphatic rings. The molecule has 3 rings (SSSR count). The fourth-order valence-corrected chi connectivity index (χ4v) is 4.02. The first-order valence-corrected chi connectivity index (χ1v) is 8.87. The van der Waals surface area contributed by atoms with Crippen LogP contribution in [0.5, 0.6) is 0 Å². The minimum absolute atomic E-state index is 0. The lowest BCUT2D eigenvalue weighted by molar-refractivity contribution is -0.132. The van der Waals surface area contributed by atoms with Crippen LogP contribution in [0.3, 0.4) is 0 Å². The van der Waals surface area contributed by atoms with Gasteiger partial charge in [-0.3, -0.25) is 4.79 Å². The molecule has 1 aromatic heterocycles. The van der Waals surface area contributed by atoms with Crippen molar-refractivity contribution in [1.29, 1.82) is 0 Å². The van der Waals surface area contributed by atoms with E-state index < -0.39 is 0 Å². The molecular weight excluding hydrogens is 365 g/mol. The number of aryl methyl sites for hydroxylation is 1. The van der Waals surface area contributed by atoms with Crippen LogP contribution in [0.2, 0.25) is 0 Å². The summed E-state index contributed by atoms with van der Waals surface area (Å²) in [6, 6.07) is 8.67. The predicted octanol–water partition coefficient (Wildman–Crippen LogP) is 3.67. The molecule has 1 atom stereocenters. The molecular formula is C17H25Cl2N3OS. The number of piperidine rings is 1. The van der Waals surface area contributed by atoms with Crippen LogP contribution in [-0.4, -0.2) is 42.0 Å². The molecule has 1 aromatic carbocycles. The minimum Gasteiger partial charge on any atom is -0.341 e. The summed E-state index contributed by atoms with van der Waals surface area (Å²) in [6.07, 6.45) is 4.70. The van der Waals surface area contributed by atoms with E-state index in [4.69, 9.17) is 0 Å². The number of para-hydroxylation sites is 1. The van der Waals surface area contributed by atoms with Crippen molar-refractivity contribution in [3.63, 3.8) is 0 Å². The van der Waals surface area contributed by atoms with Gasteiger partial charge in [0.2, 0.25) is 5.91 Å². The van der Waals surface area contributed by atoms with Crippen molar-refractivity contribution in [2.75, 3.05) is 20.1 Å². The third-order valence-corrected chi connectivity index (χ3v) is 5.40. The van der Waals surface area contributed by atoms with Crippen molar-refractivity contribution in [3.8, 4) is 0 Å². The third-order valence-electron chi connectivity index (χ3n) is 4.30. The van der Waals surface area contributed by atoms with Gasteiger partial charge in [-0.25, -0.2) is 4.98 Å². The summed E-state index contributed by atoms with van der Waals surface area (Å²) in [7, 11) is 1.98. The molecule has 1 amide bonds. The van der Waals surface area contributed by atoms with Crippen molar-refractivity contribution < 1.29 is 4.79 Å². The van der Waals surface area contributed by atoms with Crippen LogP contribution in [0.4, 0.5) is 0 Å². The summed E-state index contributed by atoms with van der Waals surface area (Å²) >= 11 is 1.74. The number of fused-ring (bicyclic) bond motifs is 1. The minimum atomic E-state index is 0. The van der Waals surface area contributed by atoms with Gasteiger partial charge in [0.1, 0.15) is 0 Å². The molecule has 0 bridgehead atoms. The molecule has 4 nitrogen and oxygen atoms in total. The van der Waals surface area contributed by atoms with E-state index in [1.165, 1.54) is 11.1 Å². The average Bonchev–Trinajstić information content (AvgIpc) is 2.97. The van der Waals surface area contributed by atoms with E-state index >= 15 is 0 Å². The molecule has 7 heteroatoms. The lowest BCUT2D eigenvalue weighted by atomic mass is 10.1. The molecule has 0 spiro atoms. The Kier molecular flexibility index (Phi) is 8.98. The normalized spacial score (nSPS) is 17.2. The average molecular weight is 390 g/mol. The van der Waals surface area contributed by atoms with Gasteiger partial charge >= 0.3 is 0 Å². The highest BCUT2D eigenvalue weighted by atomic mass is 35.5. The number of carbonyl (C=O) groups is 1. The number of halogens is 2. The molecule has 1 N–H and O–H groups in total. The zero-order chi connectivity index (χ0) is 15.4. The number of benzene rings is 1. The Morgan fingerprint density at radius 2 is 2.17 bits per heavy atom. The first-order valence-electron chi connectivity index (χ1n) is 8.06. The van der Waals surface area contributed by atoms with Gasteiger partial charge in [0.25, 0.3) is 0 Å². The van der Waals surface area contributed by atoms with Gasteiger partial charge in [0.05, 0.1) is 15.2 Å². The molecule has 134 valence electrons. The monoisotopic (exact) mass is 389 g/mol. The van der Waals surface area contributed by atoms with Gasteiger partial charge < -0.3 is 10.2 Å². The third kappa shape index (κ3) is 5.31. The molecule has 2 aromatic rings. The van der Waals surface area contributed by atoms with Crippen molar-refractivity contribution in [2.24, 2.45) is 0 Å². The Labute approximate surface area is 159 Å². The molecule has 0 radical (unpaired) electrons. The second-order valence-corrected chi connectivity index (χ2v) is 7.01. The summed E-state index contributed by atoms with van der Waals surface area (Å²) in [5.74, 6) is 0.293. The summed E-state index contributed by atoms with van der Waals surface area (Å²) < 4.78 is 1.23. The van der Waals surface area contributed by atoms with E-state index in [2.05, 4.69) is 16.4 Å². The Morgan fingerprint density at radius 1 is 1.38 bits per heavy atom. The van der Waals surface area contributed by atoms with Crippen LogP contribution in [0.15, 0.2) is 24.3 Å². The smallest absolute Gasteiger partial charge is 0.222 e. The largest absolute Gasteiger partial charge is 0.341 e. The van der Waals surface area contributed by atoms with Crippen molar-refractivity contribution in [3.05, 3.63) is 29.3 Å². The number of hydrogen-bond donors (Lipinski definition) is 1. The van der Waals surface area contributed by atoms with Crippen molar-refractivity contribution >= 4 is 52.3 Å². The van der Waals surface area contributed by atoms with Gasteiger partial charge in [-0.05, 0) is 44.9 Å². The standard InChI is InChI=1S/C17H23N3OS.2ClH/c1-18-13-6-5-11-20(12-13)17(21)10-4-9-16-19-14-7-2-3-8-15(14)22-16;;/h2-3,7-8,13,18H,4-6,9-12H2,1H3;2*1H. The maximum atomic E-state index is 12.3. The Balaban J connectivity index is 0.00000144. The number of rotatable bonds is 5. The molecule has 1 unspecified atom stereocenters. The van der Waals surface area contributed by atoms with Gasteiger partial charge in [0.15, 0.2) is 0 Å². The summed E-state index contributed by atoms with van der Waals surface area (Å²) in [5, 5.41) is 4.42. The molecule has 24 heavy (non-hydrogen) atoms. The highest BCUT2D eigenvalue weighted by Gasteiger charge is 2.22. The molecule has 2 heterocycles. The van der Waals surface area contributed by atoms with Crippen LogP contribution in [0.25, 0.3) is 10.2 Å². The number of thiazole rings is 1. The Bertz CT molecular complexity index is 617. The SMILES string of the molecule is CNC1CCCN(C(=O)CCCc2nc3ccccc3s2)C1.Cl.Cl. The molecule has 1 fully saturated rings. The first kappa shape index (κ1) is 21.2. The quantitative estimate of drug-likeness (QED) is 0.847. The maximum absolute atomic E-state index is 12.3. The van der Waals surface area contributed by atoms with E-state index in [1.807, 2.05) is 30.1 Å². The lowest BCUT2D eigenvalue weighted by Gasteiger charge is -2.32. The highest BCUT2D eigenvalue weighted by Crippen LogP contribution is 2.23. The van der Waals surface area contributed by atoms with Gasteiger partial charge in [0, 0.05) is 25.6 Å². The molecule has 0 aliphatic carbocycles.